The van der Waals surface area contributed by atoms with E-state index < -0.39 is 0 Å². The first-order valence-corrected chi connectivity index (χ1v) is 6.56. The van der Waals surface area contributed by atoms with Gasteiger partial charge in [-0.25, -0.2) is 4.98 Å². The Balaban J connectivity index is 2.07. The molecule has 0 radical (unpaired) electrons. The minimum absolute atomic E-state index is 0.111. The summed E-state index contributed by atoms with van der Waals surface area (Å²) in [7, 11) is 0. The minimum Gasteiger partial charge on any atom is -0.372 e. The summed E-state index contributed by atoms with van der Waals surface area (Å²) in [4.78, 5) is 11.0. The molecule has 0 amide bonds. The summed E-state index contributed by atoms with van der Waals surface area (Å²) in [5, 5.41) is 3.21. The molecular weight excluding hydrogens is 228 g/mol. The smallest absolute Gasteiger partial charge is 0.224 e. The van der Waals surface area contributed by atoms with E-state index in [0.29, 0.717) is 5.95 Å². The van der Waals surface area contributed by atoms with Crippen molar-refractivity contribution in [2.24, 2.45) is 0 Å². The molecule has 18 heavy (non-hydrogen) atoms. The number of rotatable bonds is 4. The molecule has 1 aromatic heterocycles. The van der Waals surface area contributed by atoms with Gasteiger partial charge in [0, 0.05) is 25.8 Å². The fourth-order valence-corrected chi connectivity index (χ4v) is 2.06. The second kappa shape index (κ2) is 5.52. The number of nitrogens with one attached hydrogen (secondary N) is 1. The van der Waals surface area contributed by atoms with Gasteiger partial charge in [-0.2, -0.15) is 4.98 Å². The standard InChI is InChI=1S/C13H22N4O/c1-4-6-14-12-15-7-5-11(16-12)17-8-9-18-13(2,3)10-17/h5,7H,4,6,8-10H2,1-3H3,(H,14,15,16). The number of aromatic nitrogens is 2. The van der Waals surface area contributed by atoms with Gasteiger partial charge in [0.25, 0.3) is 0 Å². The van der Waals surface area contributed by atoms with Crippen molar-refractivity contribution in [3.63, 3.8) is 0 Å². The van der Waals surface area contributed by atoms with Crippen LogP contribution < -0.4 is 10.2 Å². The zero-order chi connectivity index (χ0) is 13.0. The van der Waals surface area contributed by atoms with E-state index in [1.165, 1.54) is 0 Å². The van der Waals surface area contributed by atoms with Crippen LogP contribution in [0.4, 0.5) is 11.8 Å². The van der Waals surface area contributed by atoms with Crippen molar-refractivity contribution in [1.29, 1.82) is 0 Å². The van der Waals surface area contributed by atoms with Gasteiger partial charge in [-0.05, 0) is 26.3 Å². The molecule has 1 N–H and O–H groups in total. The summed E-state index contributed by atoms with van der Waals surface area (Å²) in [6.07, 6.45) is 2.88. The molecule has 1 fully saturated rings. The summed E-state index contributed by atoms with van der Waals surface area (Å²) in [5.74, 6) is 1.68. The third kappa shape index (κ3) is 3.32. The largest absolute Gasteiger partial charge is 0.372 e. The van der Waals surface area contributed by atoms with E-state index in [1.54, 1.807) is 0 Å². The van der Waals surface area contributed by atoms with Gasteiger partial charge in [-0.3, -0.25) is 0 Å². The molecule has 1 aliphatic rings. The number of nitrogens with zero attached hydrogens (tertiary/aromatic N) is 3. The molecule has 0 saturated carbocycles. The summed E-state index contributed by atoms with van der Waals surface area (Å²) in [6.45, 7) is 9.73. The first-order valence-electron chi connectivity index (χ1n) is 6.56. The third-order valence-electron chi connectivity index (χ3n) is 2.92. The fourth-order valence-electron chi connectivity index (χ4n) is 2.06. The lowest BCUT2D eigenvalue weighted by molar-refractivity contribution is -0.0279. The van der Waals surface area contributed by atoms with E-state index in [4.69, 9.17) is 4.74 Å². The Morgan fingerprint density at radius 2 is 2.33 bits per heavy atom. The van der Waals surface area contributed by atoms with Crippen LogP contribution in [-0.2, 0) is 4.74 Å². The number of ether oxygens (including phenoxy) is 1. The quantitative estimate of drug-likeness (QED) is 0.884. The van der Waals surface area contributed by atoms with E-state index in [0.717, 1.165) is 38.5 Å². The van der Waals surface area contributed by atoms with Gasteiger partial charge in [0.05, 0.1) is 12.2 Å². The lowest BCUT2D eigenvalue weighted by atomic mass is 10.1. The summed E-state index contributed by atoms with van der Waals surface area (Å²) in [6, 6.07) is 1.96. The van der Waals surface area contributed by atoms with Crippen LogP contribution in [-0.4, -0.2) is 41.8 Å². The maximum Gasteiger partial charge on any atom is 0.224 e. The average Bonchev–Trinajstić information content (AvgIpc) is 2.35. The Kier molecular flexibility index (Phi) is 4.01. The molecule has 2 rings (SSSR count). The molecule has 0 unspecified atom stereocenters. The van der Waals surface area contributed by atoms with E-state index in [2.05, 4.69) is 41.0 Å². The highest BCUT2D eigenvalue weighted by Gasteiger charge is 2.27. The van der Waals surface area contributed by atoms with Crippen LogP contribution in [0, 0.1) is 0 Å². The molecule has 1 aromatic rings. The first-order chi connectivity index (χ1) is 8.61. The van der Waals surface area contributed by atoms with Crippen LogP contribution in [0.1, 0.15) is 27.2 Å². The minimum atomic E-state index is -0.111. The van der Waals surface area contributed by atoms with Crippen molar-refractivity contribution < 1.29 is 4.74 Å². The van der Waals surface area contributed by atoms with Crippen LogP contribution in [0.2, 0.25) is 0 Å². The number of morpholine rings is 1. The maximum absolute atomic E-state index is 5.71. The second-order valence-corrected chi connectivity index (χ2v) is 5.19. The highest BCUT2D eigenvalue weighted by Crippen LogP contribution is 2.21. The van der Waals surface area contributed by atoms with Crippen LogP contribution in [0.25, 0.3) is 0 Å². The van der Waals surface area contributed by atoms with E-state index in [9.17, 15) is 0 Å². The predicted octanol–water partition coefficient (Wildman–Crippen LogP) is 1.91. The Labute approximate surface area is 109 Å². The lowest BCUT2D eigenvalue weighted by Gasteiger charge is -2.38. The molecule has 1 aliphatic heterocycles. The van der Waals surface area contributed by atoms with Crippen molar-refractivity contribution in [2.75, 3.05) is 36.5 Å². The summed E-state index contributed by atoms with van der Waals surface area (Å²) >= 11 is 0. The van der Waals surface area contributed by atoms with Gasteiger partial charge in [-0.1, -0.05) is 6.92 Å². The van der Waals surface area contributed by atoms with Crippen molar-refractivity contribution in [3.8, 4) is 0 Å². The van der Waals surface area contributed by atoms with Crippen LogP contribution in [0.3, 0.4) is 0 Å². The van der Waals surface area contributed by atoms with Crippen molar-refractivity contribution in [2.45, 2.75) is 32.8 Å². The van der Waals surface area contributed by atoms with Gasteiger partial charge < -0.3 is 15.0 Å². The molecule has 5 heteroatoms. The Bertz CT molecular complexity index is 394. The second-order valence-electron chi connectivity index (χ2n) is 5.19. The van der Waals surface area contributed by atoms with Crippen LogP contribution >= 0.6 is 0 Å². The van der Waals surface area contributed by atoms with E-state index in [-0.39, 0.29) is 5.60 Å². The van der Waals surface area contributed by atoms with Gasteiger partial charge >= 0.3 is 0 Å². The summed E-state index contributed by atoms with van der Waals surface area (Å²) in [5.41, 5.74) is -0.111. The Morgan fingerprint density at radius 3 is 3.06 bits per heavy atom. The van der Waals surface area contributed by atoms with E-state index >= 15 is 0 Å². The molecule has 0 aliphatic carbocycles. The van der Waals surface area contributed by atoms with E-state index in [1.807, 2.05) is 12.3 Å². The van der Waals surface area contributed by atoms with Gasteiger partial charge in [0.15, 0.2) is 0 Å². The summed E-state index contributed by atoms with van der Waals surface area (Å²) < 4.78 is 5.71. The molecule has 0 spiro atoms. The van der Waals surface area contributed by atoms with Crippen molar-refractivity contribution in [3.05, 3.63) is 12.3 Å². The molecule has 1 saturated heterocycles. The predicted molar refractivity (Wildman–Crippen MR) is 73.1 cm³/mol. The number of hydrogen-bond donors (Lipinski definition) is 1. The topological polar surface area (TPSA) is 50.3 Å². The van der Waals surface area contributed by atoms with Crippen LogP contribution in [0.5, 0.6) is 0 Å². The van der Waals surface area contributed by atoms with Crippen molar-refractivity contribution in [1.82, 2.24) is 9.97 Å². The number of anilines is 2. The normalized spacial score (nSPS) is 18.7. The highest BCUT2D eigenvalue weighted by atomic mass is 16.5. The van der Waals surface area contributed by atoms with Gasteiger partial charge in [0.2, 0.25) is 5.95 Å². The average molecular weight is 250 g/mol. The van der Waals surface area contributed by atoms with Gasteiger partial charge in [-0.15, -0.1) is 0 Å². The SMILES string of the molecule is CCCNc1nccc(N2CCOC(C)(C)C2)n1. The highest BCUT2D eigenvalue weighted by molar-refractivity contribution is 5.43. The van der Waals surface area contributed by atoms with Crippen LogP contribution in [0.15, 0.2) is 12.3 Å². The Morgan fingerprint density at radius 1 is 1.50 bits per heavy atom. The molecule has 100 valence electrons. The van der Waals surface area contributed by atoms with Gasteiger partial charge in [0.1, 0.15) is 5.82 Å². The molecule has 2 heterocycles. The molecule has 0 atom stereocenters. The lowest BCUT2D eigenvalue weighted by Crippen LogP contribution is -2.48. The zero-order valence-corrected chi connectivity index (χ0v) is 11.4. The van der Waals surface area contributed by atoms with Crippen molar-refractivity contribution >= 4 is 11.8 Å². The maximum atomic E-state index is 5.71. The number of hydrogen-bond acceptors (Lipinski definition) is 5. The molecule has 5 nitrogen and oxygen atoms in total. The molecule has 0 aromatic carbocycles. The fraction of sp³-hybridized carbons (Fsp3) is 0.692. The molecular formula is C13H22N4O. The monoisotopic (exact) mass is 250 g/mol. The Hall–Kier alpha value is -1.36. The zero-order valence-electron chi connectivity index (χ0n) is 11.4. The molecule has 0 bridgehead atoms. The third-order valence-corrected chi connectivity index (χ3v) is 2.92. The first kappa shape index (κ1) is 13.1.